The summed E-state index contributed by atoms with van der Waals surface area (Å²) in [7, 11) is 0. The maximum atomic E-state index is 5.60. The summed E-state index contributed by atoms with van der Waals surface area (Å²) >= 11 is 0. The molecule has 3 heteroatoms. The number of rotatable bonds is 1. The molecular weight excluding hydrogens is 236 g/mol. The van der Waals surface area contributed by atoms with Gasteiger partial charge in [-0.25, -0.2) is 0 Å². The zero-order valence-corrected chi connectivity index (χ0v) is 11.4. The summed E-state index contributed by atoms with van der Waals surface area (Å²) in [5.74, 6) is 0. The summed E-state index contributed by atoms with van der Waals surface area (Å²) < 4.78 is 8.07. The van der Waals surface area contributed by atoms with E-state index in [2.05, 4.69) is 35.0 Å². The van der Waals surface area contributed by atoms with Gasteiger partial charge in [0.15, 0.2) is 0 Å². The standard InChI is InChI=1S/C16H20N2O/c1-11-7-14-9-13(15-10-19-6-4-17-15)8-12-3-2-5-18(11)16(12)14/h7-9,15,17H,2-6,10H2,1H3. The van der Waals surface area contributed by atoms with Gasteiger partial charge in [0.25, 0.3) is 0 Å². The number of benzene rings is 1. The van der Waals surface area contributed by atoms with Crippen molar-refractivity contribution < 1.29 is 4.74 Å². The molecule has 1 unspecified atom stereocenters. The Balaban J connectivity index is 1.85. The Morgan fingerprint density at radius 2 is 2.26 bits per heavy atom. The Bertz CT molecular complexity index is 623. The Hall–Kier alpha value is -1.32. The molecule has 0 saturated carbocycles. The average Bonchev–Trinajstić information content (AvgIpc) is 2.78. The number of nitrogens with one attached hydrogen (secondary N) is 1. The molecule has 1 N–H and O–H groups in total. The highest BCUT2D eigenvalue weighted by molar-refractivity contribution is 5.86. The van der Waals surface area contributed by atoms with Crippen LogP contribution in [-0.2, 0) is 17.7 Å². The Morgan fingerprint density at radius 1 is 1.32 bits per heavy atom. The van der Waals surface area contributed by atoms with Gasteiger partial charge < -0.3 is 14.6 Å². The van der Waals surface area contributed by atoms with E-state index in [4.69, 9.17) is 4.74 Å². The minimum absolute atomic E-state index is 0.361. The molecule has 4 rings (SSSR count). The molecule has 2 aromatic rings. The van der Waals surface area contributed by atoms with Crippen LogP contribution in [0, 0.1) is 6.92 Å². The van der Waals surface area contributed by atoms with Gasteiger partial charge in [0.1, 0.15) is 0 Å². The number of aromatic nitrogens is 1. The number of morpholine rings is 1. The molecular formula is C16H20N2O. The normalized spacial score (nSPS) is 22.9. The minimum atomic E-state index is 0.361. The first-order valence-electron chi connectivity index (χ1n) is 7.27. The number of nitrogens with zero attached hydrogens (tertiary/aromatic N) is 1. The summed E-state index contributed by atoms with van der Waals surface area (Å²) in [5, 5.41) is 4.96. The van der Waals surface area contributed by atoms with Crippen LogP contribution in [0.25, 0.3) is 10.9 Å². The van der Waals surface area contributed by atoms with Crippen molar-refractivity contribution in [2.24, 2.45) is 0 Å². The molecule has 1 aromatic carbocycles. The summed E-state index contributed by atoms with van der Waals surface area (Å²) in [4.78, 5) is 0. The van der Waals surface area contributed by atoms with Crippen molar-refractivity contribution in [1.82, 2.24) is 9.88 Å². The molecule has 3 heterocycles. The molecule has 100 valence electrons. The van der Waals surface area contributed by atoms with E-state index < -0.39 is 0 Å². The van der Waals surface area contributed by atoms with Gasteiger partial charge in [-0.2, -0.15) is 0 Å². The van der Waals surface area contributed by atoms with Crippen molar-refractivity contribution in [3.05, 3.63) is 35.0 Å². The van der Waals surface area contributed by atoms with Crippen molar-refractivity contribution in [2.75, 3.05) is 19.8 Å². The predicted octanol–water partition coefficient (Wildman–Crippen LogP) is 2.56. The number of hydrogen-bond acceptors (Lipinski definition) is 2. The van der Waals surface area contributed by atoms with Crippen molar-refractivity contribution in [3.63, 3.8) is 0 Å². The van der Waals surface area contributed by atoms with Crippen LogP contribution < -0.4 is 5.32 Å². The van der Waals surface area contributed by atoms with Crippen LogP contribution in [0.15, 0.2) is 18.2 Å². The van der Waals surface area contributed by atoms with Gasteiger partial charge in [0.05, 0.1) is 24.8 Å². The second-order valence-electron chi connectivity index (χ2n) is 5.74. The predicted molar refractivity (Wildman–Crippen MR) is 76.6 cm³/mol. The average molecular weight is 256 g/mol. The first-order chi connectivity index (χ1) is 9.33. The summed E-state index contributed by atoms with van der Waals surface area (Å²) in [6.07, 6.45) is 2.47. The van der Waals surface area contributed by atoms with Crippen molar-refractivity contribution in [1.29, 1.82) is 0 Å². The van der Waals surface area contributed by atoms with Crippen LogP contribution in [0.5, 0.6) is 0 Å². The van der Waals surface area contributed by atoms with E-state index in [0.717, 1.165) is 19.8 Å². The van der Waals surface area contributed by atoms with Gasteiger partial charge in [-0.05, 0) is 43.0 Å². The largest absolute Gasteiger partial charge is 0.378 e. The third-order valence-electron chi connectivity index (χ3n) is 4.45. The maximum Gasteiger partial charge on any atom is 0.0662 e. The van der Waals surface area contributed by atoms with E-state index in [1.54, 1.807) is 0 Å². The molecule has 2 aliphatic rings. The first-order valence-corrected chi connectivity index (χ1v) is 7.27. The first kappa shape index (κ1) is 11.5. The smallest absolute Gasteiger partial charge is 0.0662 e. The molecule has 1 atom stereocenters. The number of ether oxygens (including phenoxy) is 1. The van der Waals surface area contributed by atoms with E-state index in [1.165, 1.54) is 47.1 Å². The molecule has 0 aliphatic carbocycles. The second-order valence-corrected chi connectivity index (χ2v) is 5.74. The van der Waals surface area contributed by atoms with Crippen molar-refractivity contribution in [2.45, 2.75) is 32.4 Å². The molecule has 1 saturated heterocycles. The van der Waals surface area contributed by atoms with Gasteiger partial charge in [0.2, 0.25) is 0 Å². The van der Waals surface area contributed by atoms with Crippen LogP contribution in [0.3, 0.4) is 0 Å². The fourth-order valence-electron chi connectivity index (χ4n) is 3.55. The molecule has 1 aromatic heterocycles. The topological polar surface area (TPSA) is 26.2 Å². The fourth-order valence-corrected chi connectivity index (χ4v) is 3.55. The molecule has 19 heavy (non-hydrogen) atoms. The van der Waals surface area contributed by atoms with Crippen LogP contribution in [0.4, 0.5) is 0 Å². The van der Waals surface area contributed by atoms with Crippen LogP contribution in [0.2, 0.25) is 0 Å². The highest BCUT2D eigenvalue weighted by Gasteiger charge is 2.20. The lowest BCUT2D eigenvalue weighted by Crippen LogP contribution is -2.34. The van der Waals surface area contributed by atoms with Crippen LogP contribution >= 0.6 is 0 Å². The summed E-state index contributed by atoms with van der Waals surface area (Å²) in [6.45, 7) is 5.98. The Labute approximate surface area is 113 Å². The van der Waals surface area contributed by atoms with E-state index in [9.17, 15) is 0 Å². The third-order valence-corrected chi connectivity index (χ3v) is 4.45. The van der Waals surface area contributed by atoms with Gasteiger partial charge in [-0.3, -0.25) is 0 Å². The molecule has 1 fully saturated rings. The monoisotopic (exact) mass is 256 g/mol. The molecule has 0 radical (unpaired) electrons. The van der Waals surface area contributed by atoms with Crippen molar-refractivity contribution in [3.8, 4) is 0 Å². The Kier molecular flexibility index (Phi) is 2.64. The highest BCUT2D eigenvalue weighted by atomic mass is 16.5. The van der Waals surface area contributed by atoms with Gasteiger partial charge in [0, 0.05) is 24.2 Å². The van der Waals surface area contributed by atoms with E-state index >= 15 is 0 Å². The fraction of sp³-hybridized carbons (Fsp3) is 0.500. The molecule has 0 bridgehead atoms. The third kappa shape index (κ3) is 1.80. The SMILES string of the molecule is Cc1cc2cc(C3COCCN3)cc3c2n1CCC3. The lowest BCUT2D eigenvalue weighted by molar-refractivity contribution is 0.0769. The number of hydrogen-bond donors (Lipinski definition) is 1. The quantitative estimate of drug-likeness (QED) is 0.848. The van der Waals surface area contributed by atoms with Gasteiger partial charge in [-0.15, -0.1) is 0 Å². The zero-order valence-electron chi connectivity index (χ0n) is 11.4. The zero-order chi connectivity index (χ0) is 12.8. The minimum Gasteiger partial charge on any atom is -0.378 e. The van der Waals surface area contributed by atoms with Gasteiger partial charge >= 0.3 is 0 Å². The summed E-state index contributed by atoms with van der Waals surface area (Å²) in [5.41, 5.74) is 5.76. The van der Waals surface area contributed by atoms with E-state index in [0.29, 0.717) is 6.04 Å². The van der Waals surface area contributed by atoms with E-state index in [1.807, 2.05) is 0 Å². The van der Waals surface area contributed by atoms with Gasteiger partial charge in [-0.1, -0.05) is 6.07 Å². The molecule has 0 spiro atoms. The molecule has 2 aliphatic heterocycles. The van der Waals surface area contributed by atoms with Crippen molar-refractivity contribution >= 4 is 10.9 Å². The van der Waals surface area contributed by atoms with E-state index in [-0.39, 0.29) is 0 Å². The lowest BCUT2D eigenvalue weighted by Gasteiger charge is -2.26. The maximum absolute atomic E-state index is 5.60. The molecule has 0 amide bonds. The highest BCUT2D eigenvalue weighted by Crippen LogP contribution is 2.32. The van der Waals surface area contributed by atoms with Crippen LogP contribution in [0.1, 0.15) is 29.3 Å². The summed E-state index contributed by atoms with van der Waals surface area (Å²) in [6, 6.07) is 7.43. The molecule has 3 nitrogen and oxygen atoms in total. The Morgan fingerprint density at radius 3 is 3.11 bits per heavy atom. The lowest BCUT2D eigenvalue weighted by atomic mass is 9.97. The number of aryl methyl sites for hydroxylation is 3. The van der Waals surface area contributed by atoms with Crippen LogP contribution in [-0.4, -0.2) is 24.3 Å². The second kappa shape index (κ2) is 4.36.